The quantitative estimate of drug-likeness (QED) is 0.263. The highest BCUT2D eigenvalue weighted by Crippen LogP contribution is 2.28. The summed E-state index contributed by atoms with van der Waals surface area (Å²) in [6, 6.07) is 17.7. The van der Waals surface area contributed by atoms with Crippen molar-refractivity contribution >= 4 is 38.8 Å². The predicted octanol–water partition coefficient (Wildman–Crippen LogP) is 4.91. The fraction of sp³-hybridized carbons (Fsp3) is 0.286. The molecule has 0 radical (unpaired) electrons. The Morgan fingerprint density at radius 1 is 1.05 bits per heavy atom. The smallest absolute Gasteiger partial charge is 0.243 e. The van der Waals surface area contributed by atoms with Crippen molar-refractivity contribution in [3.8, 4) is 22.4 Å². The van der Waals surface area contributed by atoms with Crippen LogP contribution in [0.25, 0.3) is 10.6 Å². The van der Waals surface area contributed by atoms with Gasteiger partial charge in [0.1, 0.15) is 11.6 Å². The molecular weight excluding hydrogens is 546 g/mol. The maximum Gasteiger partial charge on any atom is 0.243 e. The van der Waals surface area contributed by atoms with E-state index in [2.05, 4.69) is 23.3 Å². The highest BCUT2D eigenvalue weighted by atomic mass is 32.2. The summed E-state index contributed by atoms with van der Waals surface area (Å²) in [6.45, 7) is 4.21. The van der Waals surface area contributed by atoms with Crippen LogP contribution in [0.2, 0.25) is 0 Å². The zero-order valence-corrected chi connectivity index (χ0v) is 23.7. The third-order valence-electron chi connectivity index (χ3n) is 6.44. The van der Waals surface area contributed by atoms with Crippen LogP contribution < -0.4 is 15.0 Å². The van der Waals surface area contributed by atoms with E-state index in [1.54, 1.807) is 48.1 Å². The standard InChI is InChI=1S/C28H29N7O3S2/c1-2-3-16-38-23-8-10-24(11-9-23)40(36,37)35-14-12-34(13-15-35)28-32-25(26-19-30-20-39-26)17-27(33-28)31-22-6-4-21(18-29)5-7-22/h4-11,17,19-20H,2-3,12-16H2,1H3,(H,31,32,33). The van der Waals surface area contributed by atoms with E-state index >= 15 is 0 Å². The van der Waals surface area contributed by atoms with Gasteiger partial charge >= 0.3 is 0 Å². The number of hydrogen-bond acceptors (Lipinski definition) is 10. The van der Waals surface area contributed by atoms with Crippen LogP contribution in [0.15, 0.2) is 71.2 Å². The molecule has 1 fully saturated rings. The van der Waals surface area contributed by atoms with Crippen molar-refractivity contribution in [1.29, 1.82) is 5.26 Å². The van der Waals surface area contributed by atoms with Crippen molar-refractivity contribution < 1.29 is 13.2 Å². The number of nitrogens with one attached hydrogen (secondary N) is 1. The fourth-order valence-corrected chi connectivity index (χ4v) is 6.21. The van der Waals surface area contributed by atoms with Gasteiger partial charge in [0.2, 0.25) is 16.0 Å². The van der Waals surface area contributed by atoms with Gasteiger partial charge in [-0.05, 0) is 55.0 Å². The van der Waals surface area contributed by atoms with E-state index in [-0.39, 0.29) is 4.90 Å². The summed E-state index contributed by atoms with van der Waals surface area (Å²) in [5.41, 5.74) is 3.83. The Hall–Kier alpha value is -4.05. The van der Waals surface area contributed by atoms with E-state index in [4.69, 9.17) is 20.0 Å². The van der Waals surface area contributed by atoms with Crippen LogP contribution in [0.3, 0.4) is 0 Å². The molecule has 1 aliphatic rings. The minimum Gasteiger partial charge on any atom is -0.494 e. The molecule has 3 heterocycles. The lowest BCUT2D eigenvalue weighted by Gasteiger charge is -2.34. The number of ether oxygens (including phenoxy) is 1. The first-order valence-electron chi connectivity index (χ1n) is 13.0. The Labute approximate surface area is 238 Å². The number of thiazole rings is 1. The number of anilines is 3. The average Bonchev–Trinajstić information content (AvgIpc) is 3.53. The molecule has 1 aliphatic heterocycles. The van der Waals surface area contributed by atoms with Gasteiger partial charge in [0.25, 0.3) is 0 Å². The Kier molecular flexibility index (Phi) is 8.54. The van der Waals surface area contributed by atoms with Gasteiger partial charge in [-0.15, -0.1) is 11.3 Å². The fourth-order valence-electron chi connectivity index (χ4n) is 4.20. The molecule has 40 heavy (non-hydrogen) atoms. The third-order valence-corrected chi connectivity index (χ3v) is 9.14. The largest absolute Gasteiger partial charge is 0.494 e. The zero-order chi connectivity index (χ0) is 28.0. The molecule has 0 amide bonds. The summed E-state index contributed by atoms with van der Waals surface area (Å²) in [5, 5.41) is 12.4. The van der Waals surface area contributed by atoms with E-state index in [9.17, 15) is 8.42 Å². The Bertz CT molecular complexity index is 1560. The molecule has 10 nitrogen and oxygen atoms in total. The first-order valence-corrected chi connectivity index (χ1v) is 15.3. The van der Waals surface area contributed by atoms with Crippen LogP contribution in [-0.4, -0.2) is 60.5 Å². The summed E-state index contributed by atoms with van der Waals surface area (Å²) in [4.78, 5) is 16.8. The van der Waals surface area contributed by atoms with E-state index < -0.39 is 10.0 Å². The second-order valence-electron chi connectivity index (χ2n) is 9.18. The Balaban J connectivity index is 1.30. The number of benzene rings is 2. The summed E-state index contributed by atoms with van der Waals surface area (Å²) in [5.74, 6) is 1.77. The minimum absolute atomic E-state index is 0.251. The Morgan fingerprint density at radius 2 is 1.80 bits per heavy atom. The molecule has 206 valence electrons. The molecule has 0 saturated carbocycles. The lowest BCUT2D eigenvalue weighted by Crippen LogP contribution is -2.49. The van der Waals surface area contributed by atoms with Gasteiger partial charge in [0.05, 0.1) is 39.2 Å². The second-order valence-corrected chi connectivity index (χ2v) is 12.0. The molecule has 0 aliphatic carbocycles. The summed E-state index contributed by atoms with van der Waals surface area (Å²) in [7, 11) is -3.64. The molecule has 0 atom stereocenters. The van der Waals surface area contributed by atoms with Crippen LogP contribution in [0, 0.1) is 11.3 Å². The Morgan fingerprint density at radius 3 is 2.45 bits per heavy atom. The molecule has 1 N–H and O–H groups in total. The van der Waals surface area contributed by atoms with E-state index in [0.29, 0.717) is 55.9 Å². The average molecular weight is 576 g/mol. The third kappa shape index (κ3) is 6.39. The van der Waals surface area contributed by atoms with Crippen LogP contribution in [0.1, 0.15) is 25.3 Å². The lowest BCUT2D eigenvalue weighted by molar-refractivity contribution is 0.309. The van der Waals surface area contributed by atoms with Crippen molar-refractivity contribution in [3.05, 3.63) is 71.9 Å². The number of rotatable bonds is 10. The first-order chi connectivity index (χ1) is 19.5. The highest BCUT2D eigenvalue weighted by Gasteiger charge is 2.29. The summed E-state index contributed by atoms with van der Waals surface area (Å²) in [6.07, 6.45) is 3.75. The van der Waals surface area contributed by atoms with Crippen LogP contribution in [0.5, 0.6) is 5.75 Å². The SMILES string of the molecule is CCCCOc1ccc(S(=O)(=O)N2CCN(c3nc(Nc4ccc(C#N)cc4)cc(-c4cncs4)n3)CC2)cc1. The maximum atomic E-state index is 13.3. The van der Waals surface area contributed by atoms with E-state index in [1.807, 2.05) is 23.1 Å². The van der Waals surface area contributed by atoms with Crippen LogP contribution in [-0.2, 0) is 10.0 Å². The molecule has 0 bridgehead atoms. The number of aromatic nitrogens is 3. The zero-order valence-electron chi connectivity index (χ0n) is 22.0. The van der Waals surface area contributed by atoms with Gasteiger partial charge in [-0.25, -0.2) is 13.4 Å². The number of hydrogen-bond donors (Lipinski definition) is 1. The van der Waals surface area contributed by atoms with Crippen molar-refractivity contribution in [1.82, 2.24) is 19.3 Å². The molecule has 2 aromatic heterocycles. The lowest BCUT2D eigenvalue weighted by atomic mass is 10.2. The first kappa shape index (κ1) is 27.5. The van der Waals surface area contributed by atoms with Crippen molar-refractivity contribution in [2.75, 3.05) is 43.0 Å². The van der Waals surface area contributed by atoms with Gasteiger partial charge in [-0.3, -0.25) is 4.98 Å². The second kappa shape index (κ2) is 12.4. The van der Waals surface area contributed by atoms with Gasteiger partial charge in [0.15, 0.2) is 0 Å². The molecular formula is C28H29N7O3S2. The monoisotopic (exact) mass is 575 g/mol. The number of unbranched alkanes of at least 4 members (excludes halogenated alkanes) is 1. The summed E-state index contributed by atoms with van der Waals surface area (Å²) >= 11 is 1.48. The molecule has 4 aromatic rings. The van der Waals surface area contributed by atoms with Crippen molar-refractivity contribution in [2.45, 2.75) is 24.7 Å². The van der Waals surface area contributed by atoms with Gasteiger partial charge in [-0.2, -0.15) is 14.6 Å². The molecule has 1 saturated heterocycles. The molecule has 0 spiro atoms. The normalized spacial score (nSPS) is 14.1. The maximum absolute atomic E-state index is 13.3. The highest BCUT2D eigenvalue weighted by molar-refractivity contribution is 7.89. The molecule has 5 rings (SSSR count). The number of nitriles is 1. The van der Waals surface area contributed by atoms with Crippen molar-refractivity contribution in [2.24, 2.45) is 0 Å². The van der Waals surface area contributed by atoms with E-state index in [1.165, 1.54) is 15.6 Å². The number of nitrogens with zero attached hydrogens (tertiary/aromatic N) is 6. The number of sulfonamides is 1. The van der Waals surface area contributed by atoms with Gasteiger partial charge < -0.3 is 15.0 Å². The van der Waals surface area contributed by atoms with Crippen molar-refractivity contribution in [3.63, 3.8) is 0 Å². The number of piperazine rings is 1. The summed E-state index contributed by atoms with van der Waals surface area (Å²) < 4.78 is 33.8. The minimum atomic E-state index is -3.64. The predicted molar refractivity (Wildman–Crippen MR) is 155 cm³/mol. The molecule has 12 heteroatoms. The van der Waals surface area contributed by atoms with E-state index in [0.717, 1.165) is 29.1 Å². The van der Waals surface area contributed by atoms with Crippen LogP contribution >= 0.6 is 11.3 Å². The topological polar surface area (TPSA) is 124 Å². The molecule has 0 unspecified atom stereocenters. The van der Waals surface area contributed by atoms with Crippen LogP contribution in [0.4, 0.5) is 17.5 Å². The van der Waals surface area contributed by atoms with Gasteiger partial charge in [0, 0.05) is 44.1 Å². The van der Waals surface area contributed by atoms with Gasteiger partial charge in [-0.1, -0.05) is 13.3 Å². The molecule has 2 aromatic carbocycles.